The smallest absolute Gasteiger partial charge is 0.311 e. The molecule has 0 saturated carbocycles. The molecule has 0 bridgehead atoms. The third-order valence-corrected chi connectivity index (χ3v) is 5.62. The summed E-state index contributed by atoms with van der Waals surface area (Å²) in [5.74, 6) is -1.58. The van der Waals surface area contributed by atoms with E-state index in [-0.39, 0.29) is 25.0 Å². The van der Waals surface area contributed by atoms with Crippen LogP contribution < -0.4 is 5.32 Å². The first-order chi connectivity index (χ1) is 15.0. The number of nitrogens with zero attached hydrogens (tertiary/aromatic N) is 1. The first kappa shape index (κ1) is 20.6. The standard InChI is InChI=1S/C25H24N2O4/c1-17(18-7-3-2-4-8-18)27-15-21(14-24(27)29)25(30)31-16-23(28)26-22-12-11-19-9-5-6-10-20(19)13-22/h2-13,17,21H,14-16H2,1H3,(H,26,28)/t17-,21-/m1/s1. The molecule has 1 saturated heterocycles. The molecule has 2 amide bonds. The Kier molecular flexibility index (Phi) is 5.98. The number of hydrogen-bond donors (Lipinski definition) is 1. The van der Waals surface area contributed by atoms with Crippen LogP contribution in [0.4, 0.5) is 5.69 Å². The summed E-state index contributed by atoms with van der Waals surface area (Å²) in [5.41, 5.74) is 1.65. The number of hydrogen-bond acceptors (Lipinski definition) is 4. The van der Waals surface area contributed by atoms with Gasteiger partial charge in [-0.25, -0.2) is 0 Å². The Morgan fingerprint density at radius 3 is 2.52 bits per heavy atom. The third-order valence-electron chi connectivity index (χ3n) is 5.62. The van der Waals surface area contributed by atoms with Gasteiger partial charge in [0, 0.05) is 18.7 Å². The van der Waals surface area contributed by atoms with Gasteiger partial charge >= 0.3 is 5.97 Å². The van der Waals surface area contributed by atoms with Crippen molar-refractivity contribution in [2.45, 2.75) is 19.4 Å². The van der Waals surface area contributed by atoms with Crippen molar-refractivity contribution in [2.75, 3.05) is 18.5 Å². The molecule has 0 unspecified atom stereocenters. The number of carbonyl (C=O) groups excluding carboxylic acids is 3. The Bertz CT molecular complexity index is 1110. The fourth-order valence-electron chi connectivity index (χ4n) is 3.89. The first-order valence-corrected chi connectivity index (χ1v) is 10.3. The summed E-state index contributed by atoms with van der Waals surface area (Å²) in [6, 6.07) is 23.0. The van der Waals surface area contributed by atoms with Gasteiger partial charge in [-0.05, 0) is 35.4 Å². The van der Waals surface area contributed by atoms with Crippen LogP contribution in [-0.4, -0.2) is 35.8 Å². The zero-order valence-electron chi connectivity index (χ0n) is 17.3. The normalized spacial score (nSPS) is 16.9. The van der Waals surface area contributed by atoms with Gasteiger partial charge < -0.3 is 15.0 Å². The van der Waals surface area contributed by atoms with Gasteiger partial charge in [0.05, 0.1) is 12.0 Å². The van der Waals surface area contributed by atoms with E-state index in [0.717, 1.165) is 16.3 Å². The van der Waals surface area contributed by atoms with Crippen LogP contribution >= 0.6 is 0 Å². The van der Waals surface area contributed by atoms with E-state index in [1.165, 1.54) is 0 Å². The quantitative estimate of drug-likeness (QED) is 0.618. The maximum Gasteiger partial charge on any atom is 0.311 e. The second-order valence-corrected chi connectivity index (χ2v) is 7.75. The van der Waals surface area contributed by atoms with Crippen molar-refractivity contribution in [3.8, 4) is 0 Å². The summed E-state index contributed by atoms with van der Waals surface area (Å²) >= 11 is 0. The minimum atomic E-state index is -0.563. The fraction of sp³-hybridized carbons (Fsp3) is 0.240. The number of rotatable bonds is 6. The van der Waals surface area contributed by atoms with E-state index >= 15 is 0 Å². The summed E-state index contributed by atoms with van der Waals surface area (Å²) in [5, 5.41) is 4.83. The molecule has 0 aromatic heterocycles. The van der Waals surface area contributed by atoms with Crippen LogP contribution in [0.15, 0.2) is 72.8 Å². The van der Waals surface area contributed by atoms with E-state index in [1.54, 1.807) is 11.0 Å². The van der Waals surface area contributed by atoms with Crippen molar-refractivity contribution < 1.29 is 19.1 Å². The highest BCUT2D eigenvalue weighted by Gasteiger charge is 2.38. The highest BCUT2D eigenvalue weighted by atomic mass is 16.5. The number of likely N-dealkylation sites (tertiary alicyclic amines) is 1. The molecule has 3 aromatic carbocycles. The zero-order valence-corrected chi connectivity index (χ0v) is 17.3. The fourth-order valence-corrected chi connectivity index (χ4v) is 3.89. The van der Waals surface area contributed by atoms with Crippen molar-refractivity contribution in [1.82, 2.24) is 4.90 Å². The van der Waals surface area contributed by atoms with Crippen molar-refractivity contribution in [3.63, 3.8) is 0 Å². The molecule has 1 fully saturated rings. The molecular formula is C25H24N2O4. The zero-order chi connectivity index (χ0) is 21.8. The third kappa shape index (κ3) is 4.74. The molecule has 158 valence electrons. The summed E-state index contributed by atoms with van der Waals surface area (Å²) in [7, 11) is 0. The van der Waals surface area contributed by atoms with Crippen LogP contribution in [0.25, 0.3) is 10.8 Å². The predicted molar refractivity (Wildman–Crippen MR) is 118 cm³/mol. The topological polar surface area (TPSA) is 75.7 Å². The van der Waals surface area contributed by atoms with Crippen LogP contribution in [0.1, 0.15) is 24.9 Å². The van der Waals surface area contributed by atoms with Gasteiger partial charge in [0.15, 0.2) is 6.61 Å². The van der Waals surface area contributed by atoms with Gasteiger partial charge in [0.1, 0.15) is 0 Å². The van der Waals surface area contributed by atoms with E-state index in [2.05, 4.69) is 5.32 Å². The number of fused-ring (bicyclic) bond motifs is 1. The summed E-state index contributed by atoms with van der Waals surface area (Å²) in [6.07, 6.45) is 0.0995. The first-order valence-electron chi connectivity index (χ1n) is 10.3. The SMILES string of the molecule is C[C@H](c1ccccc1)N1C[C@H](C(=O)OCC(=O)Nc2ccc3ccccc3c2)CC1=O. The summed E-state index contributed by atoms with van der Waals surface area (Å²) in [4.78, 5) is 38.8. The molecule has 6 nitrogen and oxygen atoms in total. The number of ether oxygens (including phenoxy) is 1. The lowest BCUT2D eigenvalue weighted by Gasteiger charge is -2.25. The van der Waals surface area contributed by atoms with Gasteiger partial charge in [-0.3, -0.25) is 14.4 Å². The van der Waals surface area contributed by atoms with Gasteiger partial charge in [0.25, 0.3) is 5.91 Å². The van der Waals surface area contributed by atoms with Gasteiger partial charge in [0.2, 0.25) is 5.91 Å². The number of carbonyl (C=O) groups is 3. The molecular weight excluding hydrogens is 392 g/mol. The summed E-state index contributed by atoms with van der Waals surface area (Å²) < 4.78 is 5.20. The molecule has 1 N–H and O–H groups in total. The average molecular weight is 416 g/mol. The highest BCUT2D eigenvalue weighted by Crippen LogP contribution is 2.29. The van der Waals surface area contributed by atoms with Crippen molar-refractivity contribution in [3.05, 3.63) is 78.4 Å². The molecule has 31 heavy (non-hydrogen) atoms. The number of nitrogens with one attached hydrogen (secondary N) is 1. The lowest BCUT2D eigenvalue weighted by Crippen LogP contribution is -2.30. The van der Waals surface area contributed by atoms with Crippen LogP contribution in [0.3, 0.4) is 0 Å². The average Bonchev–Trinajstić information content (AvgIpc) is 3.19. The second kappa shape index (κ2) is 9.00. The molecule has 0 radical (unpaired) electrons. The number of benzene rings is 3. The Balaban J connectivity index is 1.30. The molecule has 0 aliphatic carbocycles. The van der Waals surface area contributed by atoms with Gasteiger partial charge in [-0.1, -0.05) is 60.7 Å². The van der Waals surface area contributed by atoms with Crippen LogP contribution in [-0.2, 0) is 19.1 Å². The molecule has 3 aromatic rings. The lowest BCUT2D eigenvalue weighted by atomic mass is 10.1. The number of amides is 2. The highest BCUT2D eigenvalue weighted by molar-refractivity contribution is 5.96. The Morgan fingerprint density at radius 1 is 1.03 bits per heavy atom. The molecule has 0 spiro atoms. The minimum Gasteiger partial charge on any atom is -0.455 e. The van der Waals surface area contributed by atoms with Crippen LogP contribution in [0.5, 0.6) is 0 Å². The molecule has 1 aliphatic heterocycles. The maximum atomic E-state index is 12.4. The predicted octanol–water partition coefficient (Wildman–Crippen LogP) is 3.93. The van der Waals surface area contributed by atoms with E-state index in [0.29, 0.717) is 12.2 Å². The molecule has 1 heterocycles. The second-order valence-electron chi connectivity index (χ2n) is 7.75. The maximum absolute atomic E-state index is 12.4. The largest absolute Gasteiger partial charge is 0.455 e. The van der Waals surface area contributed by atoms with Gasteiger partial charge in [-0.2, -0.15) is 0 Å². The molecule has 1 aliphatic rings. The van der Waals surface area contributed by atoms with E-state index in [9.17, 15) is 14.4 Å². The van der Waals surface area contributed by atoms with Crippen LogP contribution in [0, 0.1) is 5.92 Å². The van der Waals surface area contributed by atoms with Crippen molar-refractivity contribution >= 4 is 34.2 Å². The van der Waals surface area contributed by atoms with E-state index in [1.807, 2.05) is 73.7 Å². The Morgan fingerprint density at radius 2 is 1.74 bits per heavy atom. The van der Waals surface area contributed by atoms with Crippen molar-refractivity contribution in [1.29, 1.82) is 0 Å². The molecule has 2 atom stereocenters. The molecule has 6 heteroatoms. The van der Waals surface area contributed by atoms with E-state index in [4.69, 9.17) is 4.74 Å². The Labute approximate surface area is 180 Å². The van der Waals surface area contributed by atoms with Crippen LogP contribution in [0.2, 0.25) is 0 Å². The number of anilines is 1. The molecule has 4 rings (SSSR count). The van der Waals surface area contributed by atoms with Gasteiger partial charge in [-0.15, -0.1) is 0 Å². The Hall–Kier alpha value is -3.67. The minimum absolute atomic E-state index is 0.0843. The monoisotopic (exact) mass is 416 g/mol. The van der Waals surface area contributed by atoms with E-state index < -0.39 is 17.8 Å². The number of esters is 1. The lowest BCUT2D eigenvalue weighted by molar-refractivity contribution is -0.151. The van der Waals surface area contributed by atoms with Crippen molar-refractivity contribution in [2.24, 2.45) is 5.92 Å². The summed E-state index contributed by atoms with van der Waals surface area (Å²) in [6.45, 7) is 1.85.